The summed E-state index contributed by atoms with van der Waals surface area (Å²) in [5.41, 5.74) is 0.206. The Hall–Kier alpha value is -0.540. The van der Waals surface area contributed by atoms with E-state index in [1.807, 2.05) is 0 Å². The van der Waals surface area contributed by atoms with Gasteiger partial charge < -0.3 is 5.11 Å². The third-order valence-electron chi connectivity index (χ3n) is 2.91. The third-order valence-corrected chi connectivity index (χ3v) is 3.69. The summed E-state index contributed by atoms with van der Waals surface area (Å²) in [6, 6.07) is 6.17. The van der Waals surface area contributed by atoms with E-state index in [2.05, 4.69) is 12.6 Å². The molecular formula is C11H13FOS. The van der Waals surface area contributed by atoms with E-state index < -0.39 is 5.60 Å². The molecule has 1 aromatic carbocycles. The topological polar surface area (TPSA) is 20.2 Å². The molecule has 0 bridgehead atoms. The van der Waals surface area contributed by atoms with E-state index in [9.17, 15) is 9.50 Å². The van der Waals surface area contributed by atoms with Gasteiger partial charge in [0.15, 0.2) is 0 Å². The molecule has 2 rings (SSSR count). The van der Waals surface area contributed by atoms with Crippen molar-refractivity contribution in [1.29, 1.82) is 0 Å². The number of rotatable bonds is 2. The molecule has 1 atom stereocenters. The predicted octanol–water partition coefficient (Wildman–Crippen LogP) is 2.71. The molecule has 0 aromatic heterocycles. The average Bonchev–Trinajstić information content (AvgIpc) is 2.14. The van der Waals surface area contributed by atoms with Crippen molar-refractivity contribution in [2.75, 3.05) is 0 Å². The van der Waals surface area contributed by atoms with Gasteiger partial charge in [-0.1, -0.05) is 12.1 Å². The van der Waals surface area contributed by atoms with Crippen LogP contribution in [0.25, 0.3) is 0 Å². The van der Waals surface area contributed by atoms with Gasteiger partial charge in [0.2, 0.25) is 0 Å². The summed E-state index contributed by atoms with van der Waals surface area (Å²) in [5, 5.41) is 9.83. The largest absolute Gasteiger partial charge is 0.388 e. The summed E-state index contributed by atoms with van der Waals surface area (Å²) >= 11 is 4.39. The first kappa shape index (κ1) is 9.99. The standard InChI is InChI=1S/C11H13FOS/c12-9-4-2-8(3-5-9)10(14)11(13)6-1-7-11/h2-5,10,13-14H,1,6-7H2. The minimum atomic E-state index is -0.680. The SMILES string of the molecule is OC1(C(S)c2ccc(F)cc2)CCC1. The zero-order valence-electron chi connectivity index (χ0n) is 7.78. The Balaban J connectivity index is 2.18. The first-order valence-corrected chi connectivity index (χ1v) is 5.29. The van der Waals surface area contributed by atoms with Crippen LogP contribution in [0.5, 0.6) is 0 Å². The molecule has 1 unspecified atom stereocenters. The number of benzene rings is 1. The molecule has 1 saturated carbocycles. The zero-order valence-corrected chi connectivity index (χ0v) is 8.67. The van der Waals surface area contributed by atoms with E-state index in [0.717, 1.165) is 24.8 Å². The fraction of sp³-hybridized carbons (Fsp3) is 0.455. The lowest BCUT2D eigenvalue weighted by atomic mass is 9.75. The molecule has 1 aliphatic carbocycles. The second-order valence-corrected chi connectivity index (χ2v) is 4.43. The van der Waals surface area contributed by atoms with Gasteiger partial charge in [0.1, 0.15) is 5.82 Å². The van der Waals surface area contributed by atoms with E-state index in [-0.39, 0.29) is 11.1 Å². The molecular weight excluding hydrogens is 199 g/mol. The van der Waals surface area contributed by atoms with Gasteiger partial charge in [0, 0.05) is 0 Å². The summed E-state index contributed by atoms with van der Waals surface area (Å²) in [4.78, 5) is 0. The highest BCUT2D eigenvalue weighted by atomic mass is 32.1. The molecule has 1 aromatic rings. The molecule has 14 heavy (non-hydrogen) atoms. The van der Waals surface area contributed by atoms with Crippen molar-refractivity contribution in [1.82, 2.24) is 0 Å². The normalized spacial score (nSPS) is 21.4. The smallest absolute Gasteiger partial charge is 0.123 e. The van der Waals surface area contributed by atoms with Gasteiger partial charge in [-0.05, 0) is 37.0 Å². The van der Waals surface area contributed by atoms with E-state index >= 15 is 0 Å². The fourth-order valence-corrected chi connectivity index (χ4v) is 2.20. The maximum absolute atomic E-state index is 12.7. The molecule has 3 heteroatoms. The highest BCUT2D eigenvalue weighted by Gasteiger charge is 2.41. The molecule has 0 amide bonds. The van der Waals surface area contributed by atoms with Crippen LogP contribution in [-0.4, -0.2) is 10.7 Å². The monoisotopic (exact) mass is 212 g/mol. The van der Waals surface area contributed by atoms with Gasteiger partial charge in [-0.15, -0.1) is 0 Å². The summed E-state index contributed by atoms with van der Waals surface area (Å²) in [6.07, 6.45) is 2.63. The quantitative estimate of drug-likeness (QED) is 0.722. The van der Waals surface area contributed by atoms with Crippen molar-refractivity contribution in [2.24, 2.45) is 0 Å². The second-order valence-electron chi connectivity index (χ2n) is 3.91. The number of thiol groups is 1. The van der Waals surface area contributed by atoms with Crippen molar-refractivity contribution < 1.29 is 9.50 Å². The number of halogens is 1. The highest BCUT2D eigenvalue weighted by molar-refractivity contribution is 7.80. The van der Waals surface area contributed by atoms with Gasteiger partial charge in [0.05, 0.1) is 10.9 Å². The summed E-state index contributed by atoms with van der Waals surface area (Å²) < 4.78 is 12.7. The van der Waals surface area contributed by atoms with Crippen molar-refractivity contribution in [3.8, 4) is 0 Å². The van der Waals surface area contributed by atoms with Gasteiger partial charge in [0.25, 0.3) is 0 Å². The van der Waals surface area contributed by atoms with Crippen molar-refractivity contribution >= 4 is 12.6 Å². The molecule has 1 aliphatic rings. The number of aliphatic hydroxyl groups is 1. The van der Waals surface area contributed by atoms with Gasteiger partial charge in [-0.2, -0.15) is 12.6 Å². The lowest BCUT2D eigenvalue weighted by Crippen LogP contribution is -2.40. The van der Waals surface area contributed by atoms with Crippen molar-refractivity contribution in [2.45, 2.75) is 30.1 Å². The highest BCUT2D eigenvalue weighted by Crippen LogP contribution is 2.45. The molecule has 1 N–H and O–H groups in total. The van der Waals surface area contributed by atoms with Crippen LogP contribution < -0.4 is 0 Å². The summed E-state index contributed by atoms with van der Waals surface area (Å²) in [5.74, 6) is -0.255. The molecule has 1 nitrogen and oxygen atoms in total. The van der Waals surface area contributed by atoms with E-state index in [1.165, 1.54) is 12.1 Å². The van der Waals surface area contributed by atoms with Crippen molar-refractivity contribution in [3.63, 3.8) is 0 Å². The van der Waals surface area contributed by atoms with Crippen molar-refractivity contribution in [3.05, 3.63) is 35.6 Å². The van der Waals surface area contributed by atoms with Crippen LogP contribution >= 0.6 is 12.6 Å². The van der Waals surface area contributed by atoms with Crippen LogP contribution in [-0.2, 0) is 0 Å². The third kappa shape index (κ3) is 1.66. The van der Waals surface area contributed by atoms with E-state index in [1.54, 1.807) is 12.1 Å². The Bertz CT molecular complexity index is 319. The van der Waals surface area contributed by atoms with Crippen LogP contribution in [0.2, 0.25) is 0 Å². The van der Waals surface area contributed by atoms with Gasteiger partial charge in [-0.25, -0.2) is 4.39 Å². The Morgan fingerprint density at radius 1 is 1.29 bits per heavy atom. The van der Waals surface area contributed by atoms with Gasteiger partial charge in [-0.3, -0.25) is 0 Å². The molecule has 76 valence electrons. The van der Waals surface area contributed by atoms with Crippen LogP contribution in [0.15, 0.2) is 24.3 Å². The molecule has 0 heterocycles. The van der Waals surface area contributed by atoms with Crippen LogP contribution in [0.3, 0.4) is 0 Å². The van der Waals surface area contributed by atoms with Crippen LogP contribution in [0.1, 0.15) is 30.1 Å². The molecule has 1 fully saturated rings. The van der Waals surface area contributed by atoms with Crippen LogP contribution in [0.4, 0.5) is 4.39 Å². The summed E-state index contributed by atoms with van der Waals surface area (Å²) in [6.45, 7) is 0. The fourth-order valence-electron chi connectivity index (χ4n) is 1.77. The maximum Gasteiger partial charge on any atom is 0.123 e. The molecule has 0 saturated heterocycles. The lowest BCUT2D eigenvalue weighted by molar-refractivity contribution is -0.0345. The molecule has 0 spiro atoms. The first-order valence-electron chi connectivity index (χ1n) is 4.78. The minimum Gasteiger partial charge on any atom is -0.388 e. The predicted molar refractivity (Wildman–Crippen MR) is 56.9 cm³/mol. The summed E-state index contributed by atoms with van der Waals surface area (Å²) in [7, 11) is 0. The molecule has 0 aliphatic heterocycles. The maximum atomic E-state index is 12.7. The Morgan fingerprint density at radius 3 is 2.29 bits per heavy atom. The van der Waals surface area contributed by atoms with Gasteiger partial charge >= 0.3 is 0 Å². The number of hydrogen-bond acceptors (Lipinski definition) is 2. The second kappa shape index (κ2) is 3.55. The zero-order chi connectivity index (χ0) is 10.2. The Kier molecular flexibility index (Phi) is 2.54. The van der Waals surface area contributed by atoms with Crippen LogP contribution in [0, 0.1) is 5.82 Å². The molecule has 0 radical (unpaired) electrons. The number of hydrogen-bond donors (Lipinski definition) is 2. The lowest BCUT2D eigenvalue weighted by Gasteiger charge is -2.41. The Morgan fingerprint density at radius 2 is 1.86 bits per heavy atom. The first-order chi connectivity index (χ1) is 6.62. The minimum absolute atomic E-state index is 0.197. The van der Waals surface area contributed by atoms with E-state index in [0.29, 0.717) is 0 Å². The Labute approximate surface area is 88.4 Å². The average molecular weight is 212 g/mol. The van der Waals surface area contributed by atoms with E-state index in [4.69, 9.17) is 0 Å².